The van der Waals surface area contributed by atoms with Crippen LogP contribution in [0.5, 0.6) is 0 Å². The van der Waals surface area contributed by atoms with E-state index >= 15 is 0 Å². The zero-order valence-electron chi connectivity index (χ0n) is 12.1. The third-order valence-corrected chi connectivity index (χ3v) is 5.77. The van der Waals surface area contributed by atoms with Gasteiger partial charge >= 0.3 is 0 Å². The Balaban J connectivity index is 1.89. The van der Waals surface area contributed by atoms with Gasteiger partial charge in [0.15, 0.2) is 5.78 Å². The van der Waals surface area contributed by atoms with Crippen LogP contribution in [0, 0.1) is 16.7 Å². The van der Waals surface area contributed by atoms with E-state index in [-0.39, 0.29) is 10.8 Å². The van der Waals surface area contributed by atoms with Crippen molar-refractivity contribution in [2.45, 2.75) is 40.0 Å². The quantitative estimate of drug-likeness (QED) is 0.724. The Morgan fingerprint density at radius 1 is 1.21 bits per heavy atom. The van der Waals surface area contributed by atoms with Crippen molar-refractivity contribution in [1.82, 2.24) is 0 Å². The zero-order chi connectivity index (χ0) is 13.7. The maximum atomic E-state index is 12.7. The lowest BCUT2D eigenvalue weighted by Gasteiger charge is -2.31. The van der Waals surface area contributed by atoms with E-state index in [1.165, 1.54) is 12.0 Å². The third kappa shape index (κ3) is 1.64. The SMILES string of the molecule is CC12CCC(C(=CCc3ccccc3)C1=O)C2(C)C. The fourth-order valence-corrected chi connectivity index (χ4v) is 4.00. The molecule has 2 aliphatic carbocycles. The summed E-state index contributed by atoms with van der Waals surface area (Å²) < 4.78 is 0. The topological polar surface area (TPSA) is 17.1 Å². The Morgan fingerprint density at radius 2 is 1.89 bits per heavy atom. The standard InChI is InChI=1S/C18H22O/c1-17(2)15-11-12-18(17,3)16(19)14(15)10-9-13-7-5-4-6-8-13/h4-8,10,15H,9,11-12H2,1-3H3. The van der Waals surface area contributed by atoms with E-state index in [4.69, 9.17) is 0 Å². The highest BCUT2D eigenvalue weighted by atomic mass is 16.1. The number of benzene rings is 1. The van der Waals surface area contributed by atoms with Crippen molar-refractivity contribution >= 4 is 5.78 Å². The molecule has 19 heavy (non-hydrogen) atoms. The summed E-state index contributed by atoms with van der Waals surface area (Å²) in [6, 6.07) is 10.4. The van der Waals surface area contributed by atoms with Gasteiger partial charge in [-0.25, -0.2) is 0 Å². The number of ketones is 1. The Labute approximate surface area is 115 Å². The van der Waals surface area contributed by atoms with Crippen LogP contribution >= 0.6 is 0 Å². The Hall–Kier alpha value is -1.37. The van der Waals surface area contributed by atoms with Gasteiger partial charge in [-0.1, -0.05) is 57.2 Å². The summed E-state index contributed by atoms with van der Waals surface area (Å²) >= 11 is 0. The van der Waals surface area contributed by atoms with E-state index in [1.807, 2.05) is 6.07 Å². The van der Waals surface area contributed by atoms with Crippen LogP contribution in [0.1, 0.15) is 39.2 Å². The van der Waals surface area contributed by atoms with E-state index in [9.17, 15) is 4.79 Å². The first-order valence-electron chi connectivity index (χ1n) is 7.25. The first kappa shape index (κ1) is 12.7. The van der Waals surface area contributed by atoms with Crippen LogP contribution in [0.25, 0.3) is 0 Å². The number of allylic oxidation sites excluding steroid dienone is 2. The summed E-state index contributed by atoms with van der Waals surface area (Å²) in [7, 11) is 0. The summed E-state index contributed by atoms with van der Waals surface area (Å²) in [5.41, 5.74) is 2.39. The highest BCUT2D eigenvalue weighted by Crippen LogP contribution is 2.65. The highest BCUT2D eigenvalue weighted by Gasteiger charge is 2.63. The van der Waals surface area contributed by atoms with Crippen LogP contribution < -0.4 is 0 Å². The van der Waals surface area contributed by atoms with Crippen molar-refractivity contribution < 1.29 is 4.79 Å². The average molecular weight is 254 g/mol. The maximum Gasteiger partial charge on any atom is 0.165 e. The lowest BCUT2D eigenvalue weighted by Crippen LogP contribution is -2.32. The van der Waals surface area contributed by atoms with Gasteiger partial charge in [-0.05, 0) is 41.7 Å². The van der Waals surface area contributed by atoms with Crippen molar-refractivity contribution in [3.63, 3.8) is 0 Å². The molecule has 2 atom stereocenters. The first-order valence-corrected chi connectivity index (χ1v) is 7.25. The normalized spacial score (nSPS) is 34.2. The largest absolute Gasteiger partial charge is 0.294 e. The van der Waals surface area contributed by atoms with Gasteiger partial charge in [0, 0.05) is 5.41 Å². The van der Waals surface area contributed by atoms with Crippen molar-refractivity contribution in [2.24, 2.45) is 16.7 Å². The lowest BCUT2D eigenvalue weighted by molar-refractivity contribution is -0.125. The van der Waals surface area contributed by atoms with Gasteiger partial charge in [-0.2, -0.15) is 0 Å². The summed E-state index contributed by atoms with van der Waals surface area (Å²) in [4.78, 5) is 12.7. The summed E-state index contributed by atoms with van der Waals surface area (Å²) in [6.07, 6.45) is 5.31. The molecule has 0 saturated heterocycles. The fourth-order valence-electron chi connectivity index (χ4n) is 4.00. The maximum absolute atomic E-state index is 12.7. The zero-order valence-corrected chi connectivity index (χ0v) is 12.1. The predicted octanol–water partition coefficient (Wildman–Crippen LogP) is 4.18. The molecule has 2 bridgehead atoms. The van der Waals surface area contributed by atoms with Gasteiger partial charge in [0.25, 0.3) is 0 Å². The van der Waals surface area contributed by atoms with Crippen LogP contribution in [0.15, 0.2) is 42.0 Å². The molecule has 0 aliphatic heterocycles. The molecule has 2 unspecified atom stereocenters. The van der Waals surface area contributed by atoms with Crippen molar-refractivity contribution in [3.05, 3.63) is 47.5 Å². The molecule has 1 aromatic carbocycles. The second-order valence-electron chi connectivity index (χ2n) is 6.82. The molecule has 1 heteroatoms. The molecule has 2 fully saturated rings. The minimum Gasteiger partial charge on any atom is -0.294 e. The smallest absolute Gasteiger partial charge is 0.165 e. The average Bonchev–Trinajstić information content (AvgIpc) is 2.70. The van der Waals surface area contributed by atoms with Gasteiger partial charge < -0.3 is 0 Å². The molecule has 0 aromatic heterocycles. The summed E-state index contributed by atoms with van der Waals surface area (Å²) in [6.45, 7) is 6.70. The van der Waals surface area contributed by atoms with Crippen molar-refractivity contribution in [2.75, 3.05) is 0 Å². The Kier molecular flexibility index (Phi) is 2.70. The molecule has 2 aliphatic rings. The number of hydrogen-bond acceptors (Lipinski definition) is 1. The van der Waals surface area contributed by atoms with Crippen LogP contribution in [0.3, 0.4) is 0 Å². The minimum atomic E-state index is -0.125. The second kappa shape index (κ2) is 4.06. The van der Waals surface area contributed by atoms with E-state index in [2.05, 4.69) is 51.1 Å². The molecule has 3 rings (SSSR count). The Morgan fingerprint density at radius 3 is 2.47 bits per heavy atom. The number of rotatable bonds is 2. The van der Waals surface area contributed by atoms with E-state index in [0.717, 1.165) is 18.4 Å². The van der Waals surface area contributed by atoms with Gasteiger partial charge in [0.05, 0.1) is 0 Å². The number of hydrogen-bond donors (Lipinski definition) is 0. The monoisotopic (exact) mass is 254 g/mol. The van der Waals surface area contributed by atoms with Crippen molar-refractivity contribution in [3.8, 4) is 0 Å². The summed E-state index contributed by atoms with van der Waals surface area (Å²) in [5, 5.41) is 0. The van der Waals surface area contributed by atoms with Gasteiger partial charge in [0.2, 0.25) is 0 Å². The third-order valence-electron chi connectivity index (χ3n) is 5.77. The molecule has 0 radical (unpaired) electrons. The molecule has 1 nitrogen and oxygen atoms in total. The first-order chi connectivity index (χ1) is 8.97. The van der Waals surface area contributed by atoms with Crippen LogP contribution in [-0.2, 0) is 11.2 Å². The second-order valence-corrected chi connectivity index (χ2v) is 6.82. The van der Waals surface area contributed by atoms with E-state index in [1.54, 1.807) is 0 Å². The molecule has 0 N–H and O–H groups in total. The van der Waals surface area contributed by atoms with E-state index in [0.29, 0.717) is 11.7 Å². The van der Waals surface area contributed by atoms with E-state index < -0.39 is 0 Å². The molecule has 100 valence electrons. The van der Waals surface area contributed by atoms with Crippen LogP contribution in [0.2, 0.25) is 0 Å². The molecule has 2 saturated carbocycles. The van der Waals surface area contributed by atoms with Crippen LogP contribution in [0.4, 0.5) is 0 Å². The lowest BCUT2D eigenvalue weighted by atomic mass is 9.70. The number of carbonyl (C=O) groups is 1. The number of Topliss-reactive ketones (excluding diaryl/α,β-unsaturated/α-hetero) is 1. The van der Waals surface area contributed by atoms with Gasteiger partial charge in [-0.3, -0.25) is 4.79 Å². The molecular weight excluding hydrogens is 232 g/mol. The minimum absolute atomic E-state index is 0.125. The molecular formula is C18H22O. The van der Waals surface area contributed by atoms with Gasteiger partial charge in [-0.15, -0.1) is 0 Å². The number of carbonyl (C=O) groups excluding carboxylic acids is 1. The number of fused-ring (bicyclic) bond motifs is 2. The molecule has 0 heterocycles. The molecule has 1 aromatic rings. The van der Waals surface area contributed by atoms with Crippen molar-refractivity contribution in [1.29, 1.82) is 0 Å². The van der Waals surface area contributed by atoms with Crippen LogP contribution in [-0.4, -0.2) is 5.78 Å². The van der Waals surface area contributed by atoms with Gasteiger partial charge in [0.1, 0.15) is 0 Å². The molecule has 0 amide bonds. The Bertz CT molecular complexity index is 538. The molecule has 0 spiro atoms. The predicted molar refractivity (Wildman–Crippen MR) is 77.8 cm³/mol. The fraction of sp³-hybridized carbons (Fsp3) is 0.500. The summed E-state index contributed by atoms with van der Waals surface area (Å²) in [5.74, 6) is 0.874. The highest BCUT2D eigenvalue weighted by molar-refractivity contribution is 6.04.